The Bertz CT molecular complexity index is 268. The molecule has 5 nitrogen and oxygen atoms in total. The van der Waals surface area contributed by atoms with E-state index in [-0.39, 0.29) is 17.9 Å². The molecule has 1 atom stereocenters. The van der Waals surface area contributed by atoms with Crippen LogP contribution in [0.25, 0.3) is 0 Å². The first kappa shape index (κ1) is 13.0. The molecule has 1 fully saturated rings. The van der Waals surface area contributed by atoms with E-state index in [4.69, 9.17) is 4.84 Å². The first-order chi connectivity index (χ1) is 7.61. The molecule has 92 valence electrons. The van der Waals surface area contributed by atoms with Crippen molar-refractivity contribution in [3.05, 3.63) is 0 Å². The van der Waals surface area contributed by atoms with Gasteiger partial charge in [-0.05, 0) is 19.3 Å². The van der Waals surface area contributed by atoms with Crippen molar-refractivity contribution < 1.29 is 14.4 Å². The average Bonchev–Trinajstić information content (AvgIpc) is 2.76. The smallest absolute Gasteiger partial charge is 0.268 e. The first-order valence-corrected chi connectivity index (χ1v) is 5.73. The minimum atomic E-state index is -0.330. The van der Waals surface area contributed by atoms with Crippen LogP contribution in [0.4, 0.5) is 0 Å². The lowest BCUT2D eigenvalue weighted by Gasteiger charge is -2.26. The standard InChI is InChI=1S/C11H20N2O3/c1-4-6-10(14)13-8-5-7-9(13)11(15)12(2)16-3/h9H,4-8H2,1-3H3. The topological polar surface area (TPSA) is 49.9 Å². The van der Waals surface area contributed by atoms with Crippen molar-refractivity contribution in [3.8, 4) is 0 Å². The molecule has 5 heteroatoms. The van der Waals surface area contributed by atoms with Gasteiger partial charge in [-0.15, -0.1) is 0 Å². The summed E-state index contributed by atoms with van der Waals surface area (Å²) in [5.41, 5.74) is 0. The van der Waals surface area contributed by atoms with E-state index in [0.29, 0.717) is 13.0 Å². The second kappa shape index (κ2) is 5.84. The molecule has 0 saturated carbocycles. The number of hydroxylamine groups is 2. The van der Waals surface area contributed by atoms with Gasteiger partial charge >= 0.3 is 0 Å². The van der Waals surface area contributed by atoms with Gasteiger partial charge in [0.25, 0.3) is 5.91 Å². The van der Waals surface area contributed by atoms with Crippen LogP contribution in [0.3, 0.4) is 0 Å². The molecule has 16 heavy (non-hydrogen) atoms. The highest BCUT2D eigenvalue weighted by molar-refractivity contribution is 5.87. The van der Waals surface area contributed by atoms with E-state index in [0.717, 1.165) is 19.3 Å². The molecule has 0 aliphatic carbocycles. The largest absolute Gasteiger partial charge is 0.331 e. The number of hydrogen-bond acceptors (Lipinski definition) is 3. The zero-order valence-electron chi connectivity index (χ0n) is 10.2. The summed E-state index contributed by atoms with van der Waals surface area (Å²) in [7, 11) is 3.02. The Morgan fingerprint density at radius 3 is 2.75 bits per heavy atom. The van der Waals surface area contributed by atoms with E-state index in [1.807, 2.05) is 6.92 Å². The van der Waals surface area contributed by atoms with Gasteiger partial charge in [-0.25, -0.2) is 5.06 Å². The fraction of sp³-hybridized carbons (Fsp3) is 0.818. The molecule has 0 N–H and O–H groups in total. The molecule has 0 aromatic heterocycles. The van der Waals surface area contributed by atoms with E-state index in [9.17, 15) is 9.59 Å². The molecular weight excluding hydrogens is 208 g/mol. The van der Waals surface area contributed by atoms with Crippen LogP contribution < -0.4 is 0 Å². The maximum absolute atomic E-state index is 11.9. The summed E-state index contributed by atoms with van der Waals surface area (Å²) in [6.07, 6.45) is 2.96. The van der Waals surface area contributed by atoms with Crippen LogP contribution in [0.15, 0.2) is 0 Å². The second-order valence-electron chi connectivity index (χ2n) is 4.01. The number of likely N-dealkylation sites (tertiary alicyclic amines) is 1. The predicted octanol–water partition coefficient (Wildman–Crippen LogP) is 0.797. The van der Waals surface area contributed by atoms with Crippen LogP contribution in [-0.2, 0) is 14.4 Å². The Balaban J connectivity index is 2.65. The Labute approximate surface area is 96.3 Å². The summed E-state index contributed by atoms with van der Waals surface area (Å²) < 4.78 is 0. The van der Waals surface area contributed by atoms with Gasteiger partial charge < -0.3 is 4.90 Å². The molecule has 1 rings (SSSR count). The van der Waals surface area contributed by atoms with E-state index in [2.05, 4.69) is 0 Å². The highest BCUT2D eigenvalue weighted by Crippen LogP contribution is 2.20. The maximum atomic E-state index is 11.9. The molecule has 0 radical (unpaired) electrons. The molecule has 0 aromatic carbocycles. The van der Waals surface area contributed by atoms with E-state index in [1.54, 1.807) is 11.9 Å². The van der Waals surface area contributed by atoms with Gasteiger partial charge in [-0.2, -0.15) is 0 Å². The van der Waals surface area contributed by atoms with Crippen molar-refractivity contribution in [2.75, 3.05) is 20.7 Å². The summed E-state index contributed by atoms with van der Waals surface area (Å²) in [5.74, 6) is -0.0627. The zero-order valence-corrected chi connectivity index (χ0v) is 10.2. The number of carbonyl (C=O) groups is 2. The summed E-state index contributed by atoms with van der Waals surface area (Å²) in [5, 5.41) is 1.20. The van der Waals surface area contributed by atoms with Gasteiger partial charge in [0.1, 0.15) is 6.04 Å². The highest BCUT2D eigenvalue weighted by atomic mass is 16.7. The van der Waals surface area contributed by atoms with Crippen molar-refractivity contribution in [3.63, 3.8) is 0 Å². The van der Waals surface area contributed by atoms with Crippen LogP contribution in [0.1, 0.15) is 32.6 Å². The molecule has 1 saturated heterocycles. The number of carbonyl (C=O) groups excluding carboxylic acids is 2. The van der Waals surface area contributed by atoms with E-state index >= 15 is 0 Å². The third-order valence-electron chi connectivity index (χ3n) is 2.91. The monoisotopic (exact) mass is 228 g/mol. The van der Waals surface area contributed by atoms with Gasteiger partial charge in [0, 0.05) is 20.0 Å². The molecule has 0 bridgehead atoms. The molecule has 1 heterocycles. The van der Waals surface area contributed by atoms with Gasteiger partial charge in [0.2, 0.25) is 5.91 Å². The van der Waals surface area contributed by atoms with Crippen molar-refractivity contribution in [2.45, 2.75) is 38.6 Å². The fourth-order valence-corrected chi connectivity index (χ4v) is 1.98. The van der Waals surface area contributed by atoms with Crippen molar-refractivity contribution in [2.24, 2.45) is 0 Å². The van der Waals surface area contributed by atoms with Crippen LogP contribution in [0, 0.1) is 0 Å². The van der Waals surface area contributed by atoms with Crippen LogP contribution in [0.2, 0.25) is 0 Å². The maximum Gasteiger partial charge on any atom is 0.268 e. The summed E-state index contributed by atoms with van der Waals surface area (Å²) >= 11 is 0. The third-order valence-corrected chi connectivity index (χ3v) is 2.91. The van der Waals surface area contributed by atoms with Gasteiger partial charge in [0.05, 0.1) is 7.11 Å². The SMILES string of the molecule is CCCC(=O)N1CCCC1C(=O)N(C)OC. The lowest BCUT2D eigenvalue weighted by molar-refractivity contribution is -0.175. The van der Waals surface area contributed by atoms with Crippen molar-refractivity contribution in [1.29, 1.82) is 0 Å². The molecule has 1 aliphatic heterocycles. The third kappa shape index (κ3) is 2.72. The molecule has 1 aliphatic rings. The average molecular weight is 228 g/mol. The molecule has 2 amide bonds. The Morgan fingerprint density at radius 1 is 1.50 bits per heavy atom. The first-order valence-electron chi connectivity index (χ1n) is 5.73. The summed E-state index contributed by atoms with van der Waals surface area (Å²) in [6, 6.07) is -0.330. The molecule has 0 spiro atoms. The minimum absolute atomic E-state index is 0.0721. The van der Waals surface area contributed by atoms with Crippen LogP contribution in [-0.4, -0.2) is 48.5 Å². The Kier molecular flexibility index (Phi) is 4.73. The van der Waals surface area contributed by atoms with Gasteiger partial charge in [0.15, 0.2) is 0 Å². The molecular formula is C11H20N2O3. The van der Waals surface area contributed by atoms with E-state index < -0.39 is 0 Å². The van der Waals surface area contributed by atoms with Crippen LogP contribution >= 0.6 is 0 Å². The minimum Gasteiger partial charge on any atom is -0.331 e. The number of amides is 2. The Morgan fingerprint density at radius 2 is 2.19 bits per heavy atom. The number of likely N-dealkylation sites (N-methyl/N-ethyl adjacent to an activating group) is 1. The quantitative estimate of drug-likeness (QED) is 0.669. The van der Waals surface area contributed by atoms with Gasteiger partial charge in [-0.3, -0.25) is 14.4 Å². The lowest BCUT2D eigenvalue weighted by Crippen LogP contribution is -2.46. The highest BCUT2D eigenvalue weighted by Gasteiger charge is 2.35. The fourth-order valence-electron chi connectivity index (χ4n) is 1.98. The van der Waals surface area contributed by atoms with Crippen LogP contribution in [0.5, 0.6) is 0 Å². The number of nitrogens with zero attached hydrogens (tertiary/aromatic N) is 2. The second-order valence-corrected chi connectivity index (χ2v) is 4.01. The predicted molar refractivity (Wildman–Crippen MR) is 59.4 cm³/mol. The normalized spacial score (nSPS) is 19.9. The molecule has 0 aromatic rings. The molecule has 1 unspecified atom stereocenters. The summed E-state index contributed by atoms with van der Waals surface area (Å²) in [4.78, 5) is 30.2. The van der Waals surface area contributed by atoms with E-state index in [1.165, 1.54) is 12.2 Å². The lowest BCUT2D eigenvalue weighted by atomic mass is 10.2. The van der Waals surface area contributed by atoms with Crippen molar-refractivity contribution >= 4 is 11.8 Å². The van der Waals surface area contributed by atoms with Gasteiger partial charge in [-0.1, -0.05) is 6.92 Å². The Hall–Kier alpha value is -1.10. The number of hydrogen-bond donors (Lipinski definition) is 0. The summed E-state index contributed by atoms with van der Waals surface area (Å²) in [6.45, 7) is 2.65. The zero-order chi connectivity index (χ0) is 12.1. The van der Waals surface area contributed by atoms with Crippen molar-refractivity contribution in [1.82, 2.24) is 9.96 Å². The number of rotatable bonds is 4.